The van der Waals surface area contributed by atoms with Crippen LogP contribution in [0.3, 0.4) is 0 Å². The van der Waals surface area contributed by atoms with Gasteiger partial charge in [0.15, 0.2) is 5.69 Å². The van der Waals surface area contributed by atoms with Gasteiger partial charge in [-0.3, -0.25) is 4.68 Å². The highest BCUT2D eigenvalue weighted by Crippen LogP contribution is 2.33. The van der Waals surface area contributed by atoms with Gasteiger partial charge in [0.25, 0.3) is 0 Å². The Labute approximate surface area is 95.3 Å². The lowest BCUT2D eigenvalue weighted by molar-refractivity contribution is 0.0688. The summed E-state index contributed by atoms with van der Waals surface area (Å²) in [5.41, 5.74) is 0.151. The van der Waals surface area contributed by atoms with Crippen LogP contribution in [-0.4, -0.2) is 20.9 Å². The monoisotopic (exact) mass is 222 g/mol. The molecular formula is C12H18N2O2. The van der Waals surface area contributed by atoms with Crippen molar-refractivity contribution < 1.29 is 9.90 Å². The van der Waals surface area contributed by atoms with Gasteiger partial charge in [-0.1, -0.05) is 13.3 Å². The van der Waals surface area contributed by atoms with Crippen LogP contribution in [0.25, 0.3) is 0 Å². The van der Waals surface area contributed by atoms with Crippen molar-refractivity contribution in [1.82, 2.24) is 9.78 Å². The average Bonchev–Trinajstić information content (AvgIpc) is 2.78. The quantitative estimate of drug-likeness (QED) is 0.855. The molecule has 0 aromatic carbocycles. The van der Waals surface area contributed by atoms with E-state index in [1.54, 1.807) is 12.3 Å². The summed E-state index contributed by atoms with van der Waals surface area (Å²) in [6.45, 7) is 2.24. The van der Waals surface area contributed by atoms with E-state index in [1.165, 1.54) is 19.3 Å². The molecule has 0 radical (unpaired) electrons. The Balaban J connectivity index is 2.00. The fourth-order valence-corrected chi connectivity index (χ4v) is 2.47. The Hall–Kier alpha value is -1.32. The highest BCUT2D eigenvalue weighted by Gasteiger charge is 2.22. The second-order valence-electron chi connectivity index (χ2n) is 4.57. The van der Waals surface area contributed by atoms with Crippen LogP contribution in [0.15, 0.2) is 12.3 Å². The van der Waals surface area contributed by atoms with E-state index >= 15 is 0 Å². The Kier molecular flexibility index (Phi) is 3.27. The number of hydrogen-bond donors (Lipinski definition) is 1. The van der Waals surface area contributed by atoms with E-state index in [1.807, 2.05) is 4.68 Å². The second kappa shape index (κ2) is 4.68. The van der Waals surface area contributed by atoms with Gasteiger partial charge in [-0.05, 0) is 37.7 Å². The number of carbonyl (C=O) groups is 1. The van der Waals surface area contributed by atoms with Crippen molar-refractivity contribution in [3.63, 3.8) is 0 Å². The predicted molar refractivity (Wildman–Crippen MR) is 60.5 cm³/mol. The summed E-state index contributed by atoms with van der Waals surface area (Å²) in [5.74, 6) is -0.0910. The molecule has 1 fully saturated rings. The molecule has 0 spiro atoms. The van der Waals surface area contributed by atoms with Crippen molar-refractivity contribution in [3.8, 4) is 0 Å². The first kappa shape index (κ1) is 11.2. The van der Waals surface area contributed by atoms with Crippen molar-refractivity contribution in [1.29, 1.82) is 0 Å². The fourth-order valence-electron chi connectivity index (χ4n) is 2.47. The normalized spacial score (nSPS) is 25.6. The minimum Gasteiger partial charge on any atom is -0.476 e. The smallest absolute Gasteiger partial charge is 0.356 e. The maximum Gasteiger partial charge on any atom is 0.356 e. The third kappa shape index (κ3) is 2.26. The Morgan fingerprint density at radius 3 is 2.69 bits per heavy atom. The van der Waals surface area contributed by atoms with Crippen molar-refractivity contribution >= 4 is 5.97 Å². The van der Waals surface area contributed by atoms with Gasteiger partial charge in [0.2, 0.25) is 0 Å². The predicted octanol–water partition coefficient (Wildman–Crippen LogP) is 2.72. The molecule has 1 aromatic heterocycles. The summed E-state index contributed by atoms with van der Waals surface area (Å²) >= 11 is 0. The average molecular weight is 222 g/mol. The molecule has 0 aliphatic heterocycles. The second-order valence-corrected chi connectivity index (χ2v) is 4.57. The first-order chi connectivity index (χ1) is 7.70. The molecule has 1 heterocycles. The van der Waals surface area contributed by atoms with E-state index in [9.17, 15) is 4.79 Å². The fraction of sp³-hybridized carbons (Fsp3) is 0.667. The third-order valence-electron chi connectivity index (χ3n) is 3.60. The molecule has 0 amide bonds. The van der Waals surface area contributed by atoms with Crippen LogP contribution < -0.4 is 0 Å². The highest BCUT2D eigenvalue weighted by molar-refractivity contribution is 5.85. The molecular weight excluding hydrogens is 204 g/mol. The molecule has 88 valence electrons. The van der Waals surface area contributed by atoms with E-state index in [2.05, 4.69) is 12.0 Å². The van der Waals surface area contributed by atoms with E-state index in [0.29, 0.717) is 6.04 Å². The molecule has 0 saturated heterocycles. The molecule has 16 heavy (non-hydrogen) atoms. The molecule has 1 aliphatic rings. The van der Waals surface area contributed by atoms with Gasteiger partial charge in [0, 0.05) is 6.20 Å². The maximum atomic E-state index is 10.7. The number of carboxylic acids is 1. The number of nitrogens with zero attached hydrogens (tertiary/aromatic N) is 2. The summed E-state index contributed by atoms with van der Waals surface area (Å²) in [6.07, 6.45) is 7.78. The Morgan fingerprint density at radius 2 is 2.19 bits per heavy atom. The lowest BCUT2D eigenvalue weighted by atomic mass is 9.85. The minimum absolute atomic E-state index is 0.151. The number of rotatable bonds is 3. The Bertz CT molecular complexity index is 365. The van der Waals surface area contributed by atoms with Gasteiger partial charge in [-0.15, -0.1) is 0 Å². The summed E-state index contributed by atoms with van der Waals surface area (Å²) in [6, 6.07) is 1.98. The van der Waals surface area contributed by atoms with Gasteiger partial charge >= 0.3 is 5.97 Å². The Morgan fingerprint density at radius 1 is 1.50 bits per heavy atom. The van der Waals surface area contributed by atoms with Crippen molar-refractivity contribution in [2.24, 2.45) is 5.92 Å². The zero-order valence-corrected chi connectivity index (χ0v) is 9.59. The van der Waals surface area contributed by atoms with E-state index in [4.69, 9.17) is 5.11 Å². The summed E-state index contributed by atoms with van der Waals surface area (Å²) < 4.78 is 1.83. The lowest BCUT2D eigenvalue weighted by Crippen LogP contribution is -2.18. The largest absolute Gasteiger partial charge is 0.476 e. The zero-order chi connectivity index (χ0) is 11.5. The summed E-state index contributed by atoms with van der Waals surface area (Å²) in [4.78, 5) is 10.7. The molecule has 1 aliphatic carbocycles. The zero-order valence-electron chi connectivity index (χ0n) is 9.59. The van der Waals surface area contributed by atoms with Crippen molar-refractivity contribution in [2.75, 3.05) is 0 Å². The van der Waals surface area contributed by atoms with E-state index in [0.717, 1.165) is 18.8 Å². The van der Waals surface area contributed by atoms with Gasteiger partial charge < -0.3 is 5.11 Å². The minimum atomic E-state index is -0.944. The van der Waals surface area contributed by atoms with Crippen LogP contribution in [0.4, 0.5) is 0 Å². The maximum absolute atomic E-state index is 10.7. The molecule has 4 nitrogen and oxygen atoms in total. The number of aromatic nitrogens is 2. The van der Waals surface area contributed by atoms with E-state index in [-0.39, 0.29) is 5.69 Å². The van der Waals surface area contributed by atoms with Gasteiger partial charge in [-0.2, -0.15) is 5.10 Å². The van der Waals surface area contributed by atoms with Gasteiger partial charge in [0.05, 0.1) is 6.04 Å². The molecule has 0 unspecified atom stereocenters. The molecule has 0 bridgehead atoms. The van der Waals surface area contributed by atoms with E-state index < -0.39 is 5.97 Å². The van der Waals surface area contributed by atoms with Crippen LogP contribution in [-0.2, 0) is 0 Å². The van der Waals surface area contributed by atoms with Gasteiger partial charge in [0.1, 0.15) is 0 Å². The lowest BCUT2D eigenvalue weighted by Gasteiger charge is -2.27. The standard InChI is InChI=1S/C12H18N2O2/c1-2-9-3-5-10(6-4-9)14-8-7-11(13-14)12(15)16/h7-10H,2-6H2,1H3,(H,15,16). The topological polar surface area (TPSA) is 55.1 Å². The van der Waals surface area contributed by atoms with Crippen molar-refractivity contribution in [3.05, 3.63) is 18.0 Å². The molecule has 4 heteroatoms. The molecule has 0 atom stereocenters. The number of hydrogen-bond acceptors (Lipinski definition) is 2. The SMILES string of the molecule is CCC1CCC(n2ccc(C(=O)O)n2)CC1. The molecule has 2 rings (SSSR count). The van der Waals surface area contributed by atoms with Crippen LogP contribution in [0.5, 0.6) is 0 Å². The summed E-state index contributed by atoms with van der Waals surface area (Å²) in [7, 11) is 0. The van der Waals surface area contributed by atoms with Crippen LogP contribution in [0.1, 0.15) is 55.6 Å². The van der Waals surface area contributed by atoms with Crippen molar-refractivity contribution in [2.45, 2.75) is 45.1 Å². The first-order valence-electron chi connectivity index (χ1n) is 5.99. The van der Waals surface area contributed by atoms with Crippen LogP contribution in [0, 0.1) is 5.92 Å². The number of aromatic carboxylic acids is 1. The number of carboxylic acid groups (broad SMARTS) is 1. The van der Waals surface area contributed by atoms with Gasteiger partial charge in [-0.25, -0.2) is 4.79 Å². The third-order valence-corrected chi connectivity index (χ3v) is 3.60. The van der Waals surface area contributed by atoms with Crippen LogP contribution >= 0.6 is 0 Å². The molecule has 1 saturated carbocycles. The summed E-state index contributed by atoms with van der Waals surface area (Å²) in [5, 5.41) is 12.9. The van der Waals surface area contributed by atoms with Crippen LogP contribution in [0.2, 0.25) is 0 Å². The highest BCUT2D eigenvalue weighted by atomic mass is 16.4. The molecule has 1 N–H and O–H groups in total. The first-order valence-corrected chi connectivity index (χ1v) is 5.99. The molecule has 1 aromatic rings.